The SMILES string of the molecule is Cc1cccc(OCCNc2nc(CC(=O)[O-])cs2)c1C. The molecule has 0 aliphatic carbocycles. The van der Waals surface area contributed by atoms with Crippen molar-refractivity contribution < 1.29 is 14.6 Å². The van der Waals surface area contributed by atoms with Crippen molar-refractivity contribution in [1.82, 2.24) is 4.98 Å². The molecule has 1 aromatic heterocycles. The zero-order valence-electron chi connectivity index (χ0n) is 12.0. The molecular formula is C15H17N2O3S-. The van der Waals surface area contributed by atoms with E-state index < -0.39 is 5.97 Å². The summed E-state index contributed by atoms with van der Waals surface area (Å²) in [4.78, 5) is 14.6. The van der Waals surface area contributed by atoms with E-state index in [1.165, 1.54) is 16.9 Å². The van der Waals surface area contributed by atoms with Crippen molar-refractivity contribution in [2.24, 2.45) is 0 Å². The second kappa shape index (κ2) is 7.08. The molecule has 0 spiro atoms. The molecular weight excluding hydrogens is 288 g/mol. The van der Waals surface area contributed by atoms with Crippen molar-refractivity contribution in [3.8, 4) is 5.75 Å². The molecule has 1 N–H and O–H groups in total. The summed E-state index contributed by atoms with van der Waals surface area (Å²) in [6.45, 7) is 5.20. The average molecular weight is 305 g/mol. The third kappa shape index (κ3) is 4.46. The maximum atomic E-state index is 10.5. The van der Waals surface area contributed by atoms with E-state index in [1.807, 2.05) is 19.1 Å². The molecule has 21 heavy (non-hydrogen) atoms. The first-order chi connectivity index (χ1) is 10.1. The van der Waals surface area contributed by atoms with E-state index in [0.717, 1.165) is 11.3 Å². The summed E-state index contributed by atoms with van der Waals surface area (Å²) < 4.78 is 5.72. The van der Waals surface area contributed by atoms with Crippen molar-refractivity contribution >= 4 is 22.4 Å². The van der Waals surface area contributed by atoms with Crippen LogP contribution in [-0.2, 0) is 11.2 Å². The molecule has 112 valence electrons. The number of carbonyl (C=O) groups excluding carboxylic acids is 1. The lowest BCUT2D eigenvalue weighted by Crippen LogP contribution is -2.24. The molecule has 0 amide bonds. The van der Waals surface area contributed by atoms with Crippen LogP contribution in [0.15, 0.2) is 23.6 Å². The number of carboxylic acids is 1. The highest BCUT2D eigenvalue weighted by Crippen LogP contribution is 2.20. The normalized spacial score (nSPS) is 10.4. The van der Waals surface area contributed by atoms with Crippen LogP contribution < -0.4 is 15.2 Å². The summed E-state index contributed by atoms with van der Waals surface area (Å²) in [6.07, 6.45) is -0.156. The summed E-state index contributed by atoms with van der Waals surface area (Å²) in [5, 5.41) is 16.0. The van der Waals surface area contributed by atoms with E-state index in [9.17, 15) is 9.90 Å². The smallest absolute Gasteiger partial charge is 0.182 e. The number of ether oxygens (including phenoxy) is 1. The number of nitrogens with zero attached hydrogens (tertiary/aromatic N) is 1. The first-order valence-electron chi connectivity index (χ1n) is 6.63. The molecule has 6 heteroatoms. The largest absolute Gasteiger partial charge is 0.550 e. The third-order valence-corrected chi connectivity index (χ3v) is 3.92. The minimum atomic E-state index is -1.12. The molecule has 1 aromatic carbocycles. The Kier molecular flexibility index (Phi) is 5.16. The van der Waals surface area contributed by atoms with Gasteiger partial charge in [0, 0.05) is 17.8 Å². The number of hydrogen-bond acceptors (Lipinski definition) is 6. The minimum Gasteiger partial charge on any atom is -0.550 e. The van der Waals surface area contributed by atoms with Gasteiger partial charge in [-0.25, -0.2) is 4.98 Å². The van der Waals surface area contributed by atoms with Crippen molar-refractivity contribution in [1.29, 1.82) is 0 Å². The number of benzene rings is 1. The molecule has 1 heterocycles. The van der Waals surface area contributed by atoms with Gasteiger partial charge in [-0.3, -0.25) is 0 Å². The fraction of sp³-hybridized carbons (Fsp3) is 0.333. The van der Waals surface area contributed by atoms with Crippen LogP contribution >= 0.6 is 11.3 Å². The number of carboxylic acid groups (broad SMARTS) is 1. The number of carbonyl (C=O) groups is 1. The van der Waals surface area contributed by atoms with Crippen LogP contribution in [0.4, 0.5) is 5.13 Å². The second-order valence-corrected chi connectivity index (χ2v) is 5.52. The lowest BCUT2D eigenvalue weighted by atomic mass is 10.1. The summed E-state index contributed by atoms with van der Waals surface area (Å²) in [5.74, 6) is -0.237. The summed E-state index contributed by atoms with van der Waals surface area (Å²) >= 11 is 1.37. The highest BCUT2D eigenvalue weighted by atomic mass is 32.1. The zero-order chi connectivity index (χ0) is 15.2. The van der Waals surface area contributed by atoms with Crippen molar-refractivity contribution in [2.45, 2.75) is 20.3 Å². The van der Waals surface area contributed by atoms with E-state index in [2.05, 4.69) is 23.3 Å². The van der Waals surface area contributed by atoms with E-state index in [1.54, 1.807) is 5.38 Å². The lowest BCUT2D eigenvalue weighted by molar-refractivity contribution is -0.304. The Morgan fingerprint density at radius 2 is 2.24 bits per heavy atom. The average Bonchev–Trinajstić information content (AvgIpc) is 2.86. The summed E-state index contributed by atoms with van der Waals surface area (Å²) in [5.41, 5.74) is 2.85. The Labute approximate surface area is 127 Å². The van der Waals surface area contributed by atoms with E-state index >= 15 is 0 Å². The van der Waals surface area contributed by atoms with E-state index in [4.69, 9.17) is 4.74 Å². The van der Waals surface area contributed by atoms with Gasteiger partial charge in [0.25, 0.3) is 0 Å². The maximum absolute atomic E-state index is 10.5. The van der Waals surface area contributed by atoms with Crippen molar-refractivity contribution in [2.75, 3.05) is 18.5 Å². The quantitative estimate of drug-likeness (QED) is 0.786. The number of nitrogens with one attached hydrogen (secondary N) is 1. The predicted molar refractivity (Wildman–Crippen MR) is 80.7 cm³/mol. The Morgan fingerprint density at radius 1 is 1.43 bits per heavy atom. The Hall–Kier alpha value is -2.08. The van der Waals surface area contributed by atoms with Gasteiger partial charge in [-0.15, -0.1) is 11.3 Å². The highest BCUT2D eigenvalue weighted by molar-refractivity contribution is 7.13. The summed E-state index contributed by atoms with van der Waals surface area (Å²) in [6, 6.07) is 5.97. The van der Waals surface area contributed by atoms with Crippen molar-refractivity contribution in [3.63, 3.8) is 0 Å². The number of hydrogen-bond donors (Lipinski definition) is 1. The van der Waals surface area contributed by atoms with Gasteiger partial charge in [-0.2, -0.15) is 0 Å². The third-order valence-electron chi connectivity index (χ3n) is 3.07. The molecule has 0 fully saturated rings. The van der Waals surface area contributed by atoms with Gasteiger partial charge in [0.15, 0.2) is 5.13 Å². The van der Waals surface area contributed by atoms with Crippen LogP contribution in [0.5, 0.6) is 5.75 Å². The van der Waals surface area contributed by atoms with Crippen LogP contribution in [0.1, 0.15) is 16.8 Å². The molecule has 0 aliphatic rings. The molecule has 0 atom stereocenters. The molecule has 0 saturated heterocycles. The monoisotopic (exact) mass is 305 g/mol. The molecule has 0 aliphatic heterocycles. The number of thiazole rings is 1. The van der Waals surface area contributed by atoms with Crippen LogP contribution in [0.3, 0.4) is 0 Å². The molecule has 0 saturated carbocycles. The van der Waals surface area contributed by atoms with Gasteiger partial charge in [0.2, 0.25) is 0 Å². The Morgan fingerprint density at radius 3 is 3.00 bits per heavy atom. The van der Waals surface area contributed by atoms with Gasteiger partial charge < -0.3 is 20.0 Å². The van der Waals surface area contributed by atoms with E-state index in [0.29, 0.717) is 24.0 Å². The van der Waals surface area contributed by atoms with Gasteiger partial charge in [-0.05, 0) is 31.0 Å². The number of aromatic nitrogens is 1. The number of rotatable bonds is 7. The number of aryl methyl sites for hydroxylation is 1. The lowest BCUT2D eigenvalue weighted by Gasteiger charge is -2.10. The van der Waals surface area contributed by atoms with Gasteiger partial charge in [0.05, 0.1) is 12.2 Å². The Balaban J connectivity index is 1.78. The van der Waals surface area contributed by atoms with Gasteiger partial charge >= 0.3 is 0 Å². The van der Waals surface area contributed by atoms with Crippen molar-refractivity contribution in [3.05, 3.63) is 40.4 Å². The topological polar surface area (TPSA) is 74.3 Å². The molecule has 2 aromatic rings. The number of anilines is 1. The molecule has 2 rings (SSSR count). The number of aliphatic carboxylic acids is 1. The zero-order valence-corrected chi connectivity index (χ0v) is 12.8. The standard InChI is InChI=1S/C15H18N2O3S/c1-10-4-3-5-13(11(10)2)20-7-6-16-15-17-12(9-21-15)8-14(18)19/h3-5,9H,6-8H2,1-2H3,(H,16,17)(H,18,19)/p-1. The molecule has 0 radical (unpaired) electrons. The van der Waals surface area contributed by atoms with Crippen LogP contribution in [-0.4, -0.2) is 24.1 Å². The van der Waals surface area contributed by atoms with E-state index in [-0.39, 0.29) is 6.42 Å². The molecule has 0 bridgehead atoms. The first kappa shape index (κ1) is 15.3. The fourth-order valence-corrected chi connectivity index (χ4v) is 2.56. The van der Waals surface area contributed by atoms with Crippen LogP contribution in [0, 0.1) is 13.8 Å². The fourth-order valence-electron chi connectivity index (χ4n) is 1.82. The Bertz CT molecular complexity index is 625. The first-order valence-corrected chi connectivity index (χ1v) is 7.51. The van der Waals surface area contributed by atoms with Gasteiger partial charge in [-0.1, -0.05) is 12.1 Å². The highest BCUT2D eigenvalue weighted by Gasteiger charge is 2.03. The predicted octanol–water partition coefficient (Wildman–Crippen LogP) is 1.54. The van der Waals surface area contributed by atoms with Crippen LogP contribution in [0.25, 0.3) is 0 Å². The molecule has 0 unspecified atom stereocenters. The second-order valence-electron chi connectivity index (χ2n) is 4.67. The minimum absolute atomic E-state index is 0.156. The van der Waals surface area contributed by atoms with Gasteiger partial charge in [0.1, 0.15) is 12.4 Å². The maximum Gasteiger partial charge on any atom is 0.182 e. The molecule has 5 nitrogen and oxygen atoms in total. The summed E-state index contributed by atoms with van der Waals surface area (Å²) in [7, 11) is 0. The van der Waals surface area contributed by atoms with Crippen LogP contribution in [0.2, 0.25) is 0 Å².